The molecule has 6 rings (SSSR count). The lowest BCUT2D eigenvalue weighted by molar-refractivity contribution is 0.276. The van der Waals surface area contributed by atoms with E-state index in [9.17, 15) is 0 Å². The molecule has 1 unspecified atom stereocenters. The molecule has 0 N–H and O–H groups in total. The van der Waals surface area contributed by atoms with E-state index < -0.39 is 7.14 Å². The molecule has 1 aliphatic heterocycles. The quantitative estimate of drug-likeness (QED) is 0.143. The number of hydrogen-bond acceptors (Lipinski definition) is 5. The predicted octanol–water partition coefficient (Wildman–Crippen LogP) is 8.10. The Morgan fingerprint density at radius 3 is 1.73 bits per heavy atom. The average Bonchev–Trinajstić information content (AvgIpc) is 3.58. The predicted molar refractivity (Wildman–Crippen MR) is 179 cm³/mol. The first-order valence-electron chi connectivity index (χ1n) is 15.1. The van der Waals surface area contributed by atoms with Crippen molar-refractivity contribution in [3.63, 3.8) is 0 Å². The summed E-state index contributed by atoms with van der Waals surface area (Å²) in [5, 5.41) is 1.72. The summed E-state index contributed by atoms with van der Waals surface area (Å²) in [4.78, 5) is 2.29. The van der Waals surface area contributed by atoms with Crippen LogP contribution < -0.4 is 29.7 Å². The molecule has 0 radical (unpaired) electrons. The number of methoxy groups -OCH3 is 1. The number of hydrogen-bond donors (Lipinski definition) is 0. The van der Waals surface area contributed by atoms with Crippen LogP contribution in [0.1, 0.15) is 29.5 Å². The summed E-state index contributed by atoms with van der Waals surface area (Å²) in [6, 6.07) is 42.1. The SMILES string of the molecule is COc1c(OCc2ccccc2)cc(N2CCCC2P(=O)(c2ccccc2)c2ccccc2)c(OCc2ccccc2)c1C. The van der Waals surface area contributed by atoms with Gasteiger partial charge in [-0.1, -0.05) is 121 Å². The number of rotatable bonds is 11. The van der Waals surface area contributed by atoms with E-state index in [2.05, 4.69) is 17.0 Å². The van der Waals surface area contributed by atoms with E-state index in [1.54, 1.807) is 7.11 Å². The summed E-state index contributed by atoms with van der Waals surface area (Å²) in [6.45, 7) is 3.56. The Hall–Kier alpha value is -4.47. The molecular weight excluding hydrogens is 565 g/mol. The summed E-state index contributed by atoms with van der Waals surface area (Å²) in [5.74, 6) is 1.74. The highest BCUT2D eigenvalue weighted by Gasteiger charge is 2.44. The molecule has 1 saturated heterocycles. The zero-order chi connectivity index (χ0) is 30.4. The van der Waals surface area contributed by atoms with Crippen LogP contribution in [0.2, 0.25) is 0 Å². The summed E-state index contributed by atoms with van der Waals surface area (Å²) < 4.78 is 34.5. The van der Waals surface area contributed by atoms with Gasteiger partial charge in [0.15, 0.2) is 18.6 Å². The second-order valence-corrected chi connectivity index (χ2v) is 14.0. The second kappa shape index (κ2) is 13.4. The van der Waals surface area contributed by atoms with Gasteiger partial charge in [0.1, 0.15) is 19.0 Å². The lowest BCUT2D eigenvalue weighted by atomic mass is 10.1. The molecule has 5 aromatic carbocycles. The van der Waals surface area contributed by atoms with Crippen LogP contribution in [0.3, 0.4) is 0 Å². The van der Waals surface area contributed by atoms with Crippen LogP contribution in [-0.2, 0) is 17.8 Å². The van der Waals surface area contributed by atoms with Gasteiger partial charge in [-0.2, -0.15) is 0 Å². The van der Waals surface area contributed by atoms with E-state index in [-0.39, 0.29) is 5.78 Å². The fourth-order valence-electron chi connectivity index (χ4n) is 6.16. The van der Waals surface area contributed by atoms with Gasteiger partial charge in [0.25, 0.3) is 0 Å². The van der Waals surface area contributed by atoms with Crippen molar-refractivity contribution in [2.45, 2.75) is 38.8 Å². The number of nitrogens with zero attached hydrogens (tertiary/aromatic N) is 1. The van der Waals surface area contributed by atoms with Gasteiger partial charge in [-0.15, -0.1) is 0 Å². The Bertz CT molecular complexity index is 1670. The Labute approximate surface area is 260 Å². The second-order valence-electron chi connectivity index (χ2n) is 11.1. The van der Waals surface area contributed by atoms with E-state index in [0.29, 0.717) is 24.7 Å². The highest BCUT2D eigenvalue weighted by molar-refractivity contribution is 7.79. The van der Waals surface area contributed by atoms with Gasteiger partial charge < -0.3 is 23.7 Å². The first-order chi connectivity index (χ1) is 21.6. The standard InChI is InChI=1S/C38H38NO4P/c1-29-37(43-28-31-18-9-4-10-19-31)34(26-35(38(29)41-2)42-27-30-16-7-3-8-17-30)39-25-15-24-36(39)44(40,32-20-11-5-12-21-32)33-22-13-6-14-23-33/h3-14,16-23,26,36H,15,24-25,27-28H2,1-2H3. The maximum atomic E-state index is 15.6. The Morgan fingerprint density at radius 2 is 1.20 bits per heavy atom. The molecule has 5 aromatic rings. The molecule has 44 heavy (non-hydrogen) atoms. The monoisotopic (exact) mass is 603 g/mol. The normalized spacial score (nSPS) is 14.8. The first kappa shape index (κ1) is 29.6. The summed E-state index contributed by atoms with van der Waals surface area (Å²) in [6.07, 6.45) is 1.71. The van der Waals surface area contributed by atoms with Crippen LogP contribution in [0.4, 0.5) is 5.69 Å². The average molecular weight is 604 g/mol. The highest BCUT2D eigenvalue weighted by atomic mass is 31.2. The Morgan fingerprint density at radius 1 is 0.705 bits per heavy atom. The molecule has 0 aliphatic carbocycles. The lowest BCUT2D eigenvalue weighted by Crippen LogP contribution is -2.36. The molecular formula is C38H38NO4P. The van der Waals surface area contributed by atoms with Crippen LogP contribution >= 0.6 is 7.14 Å². The molecule has 1 aliphatic rings. The molecule has 0 amide bonds. The van der Waals surface area contributed by atoms with Crippen LogP contribution in [0.5, 0.6) is 17.2 Å². The van der Waals surface area contributed by atoms with Crippen molar-refractivity contribution in [2.24, 2.45) is 0 Å². The first-order valence-corrected chi connectivity index (χ1v) is 16.9. The zero-order valence-electron chi connectivity index (χ0n) is 25.3. The third-order valence-corrected chi connectivity index (χ3v) is 11.8. The van der Waals surface area contributed by atoms with E-state index in [1.807, 2.05) is 122 Å². The van der Waals surface area contributed by atoms with Crippen molar-refractivity contribution >= 4 is 23.4 Å². The van der Waals surface area contributed by atoms with Gasteiger partial charge in [-0.25, -0.2) is 0 Å². The topological polar surface area (TPSA) is 48.0 Å². The van der Waals surface area contributed by atoms with Gasteiger partial charge in [0, 0.05) is 28.8 Å². The minimum Gasteiger partial charge on any atom is -0.492 e. The largest absolute Gasteiger partial charge is 0.492 e. The van der Waals surface area contributed by atoms with Crippen molar-refractivity contribution < 1.29 is 18.8 Å². The fourth-order valence-corrected chi connectivity index (χ4v) is 9.55. The van der Waals surface area contributed by atoms with Crippen LogP contribution in [0.15, 0.2) is 127 Å². The minimum atomic E-state index is -3.10. The van der Waals surface area contributed by atoms with Crippen molar-refractivity contribution in [3.8, 4) is 17.2 Å². The summed E-state index contributed by atoms with van der Waals surface area (Å²) in [7, 11) is -1.44. The maximum absolute atomic E-state index is 15.6. The van der Waals surface area contributed by atoms with Gasteiger partial charge in [-0.3, -0.25) is 0 Å². The molecule has 1 atom stereocenters. The molecule has 0 spiro atoms. The van der Waals surface area contributed by atoms with Crippen LogP contribution in [-0.4, -0.2) is 19.4 Å². The highest BCUT2D eigenvalue weighted by Crippen LogP contribution is 2.57. The van der Waals surface area contributed by atoms with E-state index in [1.165, 1.54) is 0 Å². The maximum Gasteiger partial charge on any atom is 0.167 e. The Balaban J connectivity index is 1.47. The molecule has 5 nitrogen and oxygen atoms in total. The van der Waals surface area contributed by atoms with Crippen LogP contribution in [0, 0.1) is 6.92 Å². The van der Waals surface area contributed by atoms with Crippen LogP contribution in [0.25, 0.3) is 0 Å². The van der Waals surface area contributed by atoms with Gasteiger partial charge in [0.05, 0.1) is 18.6 Å². The smallest absolute Gasteiger partial charge is 0.167 e. The molecule has 1 fully saturated rings. The van der Waals surface area contributed by atoms with Gasteiger partial charge in [-0.05, 0) is 30.9 Å². The molecule has 1 heterocycles. The van der Waals surface area contributed by atoms with Crippen molar-refractivity contribution in [3.05, 3.63) is 144 Å². The van der Waals surface area contributed by atoms with Crippen molar-refractivity contribution in [1.82, 2.24) is 0 Å². The molecule has 0 saturated carbocycles. The minimum absolute atomic E-state index is 0.249. The van der Waals surface area contributed by atoms with Gasteiger partial charge in [0.2, 0.25) is 0 Å². The third kappa shape index (κ3) is 5.98. The fraction of sp³-hybridized carbons (Fsp3) is 0.211. The molecule has 224 valence electrons. The molecule has 6 heteroatoms. The zero-order valence-corrected chi connectivity index (χ0v) is 26.2. The third-order valence-electron chi connectivity index (χ3n) is 8.30. The molecule has 0 bridgehead atoms. The number of anilines is 1. The van der Waals surface area contributed by atoms with Crippen molar-refractivity contribution in [1.29, 1.82) is 0 Å². The van der Waals surface area contributed by atoms with Gasteiger partial charge >= 0.3 is 0 Å². The lowest BCUT2D eigenvalue weighted by Gasteiger charge is -2.35. The Kier molecular flexibility index (Phi) is 9.04. The number of benzene rings is 5. The van der Waals surface area contributed by atoms with E-state index in [4.69, 9.17) is 14.2 Å². The number of ether oxygens (including phenoxy) is 3. The summed E-state index contributed by atoms with van der Waals surface area (Å²) in [5.41, 5.74) is 3.86. The summed E-state index contributed by atoms with van der Waals surface area (Å²) >= 11 is 0. The van der Waals surface area contributed by atoms with E-state index in [0.717, 1.165) is 58.1 Å². The van der Waals surface area contributed by atoms with Crippen molar-refractivity contribution in [2.75, 3.05) is 18.6 Å². The molecule has 0 aromatic heterocycles. The van der Waals surface area contributed by atoms with E-state index >= 15 is 4.57 Å².